The van der Waals surface area contributed by atoms with Gasteiger partial charge in [-0.1, -0.05) is 11.6 Å². The van der Waals surface area contributed by atoms with Crippen LogP contribution in [0.5, 0.6) is 0 Å². The second kappa shape index (κ2) is 4.45. The van der Waals surface area contributed by atoms with Crippen LogP contribution in [-0.4, -0.2) is 31.7 Å². The number of hydrogen-bond donors (Lipinski definition) is 1. The molecule has 0 saturated carbocycles. The number of halogens is 1. The molecule has 3 heterocycles. The lowest BCUT2D eigenvalue weighted by atomic mass is 9.96. The molecule has 98 valence electrons. The molecule has 3 atom stereocenters. The van der Waals surface area contributed by atoms with Crippen molar-refractivity contribution in [2.75, 3.05) is 0 Å². The third kappa shape index (κ3) is 2.14. The number of ether oxygens (including phenoxy) is 1. The van der Waals surface area contributed by atoms with E-state index >= 15 is 0 Å². The molecule has 2 bridgehead atoms. The molecule has 3 unspecified atom stereocenters. The smallest absolute Gasteiger partial charge is 0.243 e. The first-order valence-electron chi connectivity index (χ1n) is 5.84. The Hall–Kier alpha value is -0.690. The van der Waals surface area contributed by atoms with Gasteiger partial charge < -0.3 is 4.74 Å². The van der Waals surface area contributed by atoms with Crippen LogP contribution in [0, 0.1) is 0 Å². The van der Waals surface area contributed by atoms with Crippen LogP contribution < -0.4 is 4.72 Å². The lowest BCUT2D eigenvalue weighted by Crippen LogP contribution is -2.41. The van der Waals surface area contributed by atoms with Gasteiger partial charge in [0.15, 0.2) is 0 Å². The number of sulfonamides is 1. The van der Waals surface area contributed by atoms with E-state index in [2.05, 4.69) is 9.71 Å². The van der Waals surface area contributed by atoms with Crippen LogP contribution in [0.2, 0.25) is 5.15 Å². The van der Waals surface area contributed by atoms with Crippen molar-refractivity contribution in [1.82, 2.24) is 9.71 Å². The highest BCUT2D eigenvalue weighted by Gasteiger charge is 2.42. The van der Waals surface area contributed by atoms with E-state index in [0.29, 0.717) is 0 Å². The SMILES string of the molecule is O=S(=O)(NC1CC2CCC1O2)c1cccnc1Cl. The average molecular weight is 289 g/mol. The van der Waals surface area contributed by atoms with Crippen molar-refractivity contribution < 1.29 is 13.2 Å². The minimum Gasteiger partial charge on any atom is -0.373 e. The molecule has 1 aromatic rings. The van der Waals surface area contributed by atoms with Gasteiger partial charge in [-0.05, 0) is 31.4 Å². The summed E-state index contributed by atoms with van der Waals surface area (Å²) in [5.74, 6) is 0. The summed E-state index contributed by atoms with van der Waals surface area (Å²) in [6, 6.07) is 2.86. The Morgan fingerprint density at radius 1 is 1.44 bits per heavy atom. The maximum atomic E-state index is 12.2. The largest absolute Gasteiger partial charge is 0.373 e. The lowest BCUT2D eigenvalue weighted by Gasteiger charge is -2.20. The van der Waals surface area contributed by atoms with Gasteiger partial charge in [-0.2, -0.15) is 0 Å². The van der Waals surface area contributed by atoms with E-state index in [-0.39, 0.29) is 28.3 Å². The molecule has 0 aromatic carbocycles. The van der Waals surface area contributed by atoms with Gasteiger partial charge in [0.05, 0.1) is 18.2 Å². The Morgan fingerprint density at radius 2 is 2.28 bits per heavy atom. The van der Waals surface area contributed by atoms with Crippen LogP contribution in [0.1, 0.15) is 19.3 Å². The fourth-order valence-corrected chi connectivity index (χ4v) is 4.33. The monoisotopic (exact) mass is 288 g/mol. The van der Waals surface area contributed by atoms with E-state index in [1.165, 1.54) is 12.3 Å². The van der Waals surface area contributed by atoms with E-state index in [4.69, 9.17) is 16.3 Å². The van der Waals surface area contributed by atoms with E-state index in [1.54, 1.807) is 6.07 Å². The fourth-order valence-electron chi connectivity index (χ4n) is 2.60. The van der Waals surface area contributed by atoms with Gasteiger partial charge in [0.25, 0.3) is 0 Å². The molecule has 2 fully saturated rings. The quantitative estimate of drug-likeness (QED) is 0.852. The molecule has 5 nitrogen and oxygen atoms in total. The average Bonchev–Trinajstić information content (AvgIpc) is 2.90. The Kier molecular flexibility index (Phi) is 3.05. The first kappa shape index (κ1) is 12.3. The first-order valence-corrected chi connectivity index (χ1v) is 7.71. The molecular formula is C11H13ClN2O3S. The highest BCUT2D eigenvalue weighted by Crippen LogP contribution is 2.35. The van der Waals surface area contributed by atoms with Crippen LogP contribution >= 0.6 is 11.6 Å². The number of hydrogen-bond acceptors (Lipinski definition) is 4. The number of fused-ring (bicyclic) bond motifs is 2. The molecule has 2 saturated heterocycles. The first-order chi connectivity index (χ1) is 8.56. The van der Waals surface area contributed by atoms with Gasteiger partial charge in [0.2, 0.25) is 10.0 Å². The van der Waals surface area contributed by atoms with Crippen molar-refractivity contribution in [3.05, 3.63) is 23.5 Å². The van der Waals surface area contributed by atoms with E-state index in [0.717, 1.165) is 19.3 Å². The second-order valence-electron chi connectivity index (χ2n) is 4.63. The van der Waals surface area contributed by atoms with E-state index in [1.807, 2.05) is 0 Å². The summed E-state index contributed by atoms with van der Waals surface area (Å²) in [5, 5.41) is -0.00549. The van der Waals surface area contributed by atoms with Gasteiger partial charge in [-0.25, -0.2) is 18.1 Å². The molecule has 2 aliphatic heterocycles. The molecular weight excluding hydrogens is 276 g/mol. The Bertz CT molecular complexity index is 563. The predicted octanol–water partition coefficient (Wildman–Crippen LogP) is 1.33. The summed E-state index contributed by atoms with van der Waals surface area (Å²) in [4.78, 5) is 3.81. The van der Waals surface area contributed by atoms with Crippen molar-refractivity contribution in [2.24, 2.45) is 0 Å². The van der Waals surface area contributed by atoms with Crippen molar-refractivity contribution in [2.45, 2.75) is 42.4 Å². The van der Waals surface area contributed by atoms with Crippen molar-refractivity contribution in [3.8, 4) is 0 Å². The topological polar surface area (TPSA) is 68.3 Å². The summed E-state index contributed by atoms with van der Waals surface area (Å²) in [7, 11) is -3.62. The zero-order valence-corrected chi connectivity index (χ0v) is 11.1. The highest BCUT2D eigenvalue weighted by atomic mass is 35.5. The molecule has 0 amide bonds. The minimum absolute atomic E-state index is 0.000205. The van der Waals surface area contributed by atoms with Crippen LogP contribution in [0.4, 0.5) is 0 Å². The summed E-state index contributed by atoms with van der Waals surface area (Å²) in [5.41, 5.74) is 0. The number of rotatable bonds is 3. The minimum atomic E-state index is -3.62. The third-order valence-corrected chi connectivity index (χ3v) is 5.36. The molecule has 18 heavy (non-hydrogen) atoms. The van der Waals surface area contributed by atoms with Crippen LogP contribution in [0.15, 0.2) is 23.2 Å². The van der Waals surface area contributed by atoms with Gasteiger partial charge >= 0.3 is 0 Å². The Morgan fingerprint density at radius 3 is 2.89 bits per heavy atom. The Labute approximate surface area is 111 Å². The summed E-state index contributed by atoms with van der Waals surface area (Å²) < 4.78 is 32.7. The molecule has 2 aliphatic rings. The summed E-state index contributed by atoms with van der Waals surface area (Å²) in [6.45, 7) is 0. The lowest BCUT2D eigenvalue weighted by molar-refractivity contribution is 0.0996. The number of pyridine rings is 1. The molecule has 3 rings (SSSR count). The van der Waals surface area contributed by atoms with Crippen molar-refractivity contribution >= 4 is 21.6 Å². The normalized spacial score (nSPS) is 30.8. The fraction of sp³-hybridized carbons (Fsp3) is 0.545. The Balaban J connectivity index is 1.82. The maximum absolute atomic E-state index is 12.2. The van der Waals surface area contributed by atoms with Gasteiger partial charge in [0, 0.05) is 6.20 Å². The molecule has 0 radical (unpaired) electrons. The standard InChI is InChI=1S/C11H13ClN2O3S/c12-11-10(2-1-5-13-11)18(15,16)14-8-6-7-3-4-9(8)17-7/h1-2,5,7-9,14H,3-4,6H2. The van der Waals surface area contributed by atoms with Gasteiger partial charge in [-0.15, -0.1) is 0 Å². The molecule has 0 aliphatic carbocycles. The van der Waals surface area contributed by atoms with Crippen molar-refractivity contribution in [3.63, 3.8) is 0 Å². The number of nitrogens with one attached hydrogen (secondary N) is 1. The summed E-state index contributed by atoms with van der Waals surface area (Å²) in [6.07, 6.45) is 4.34. The molecule has 1 N–H and O–H groups in total. The zero-order valence-electron chi connectivity index (χ0n) is 9.54. The van der Waals surface area contributed by atoms with Crippen LogP contribution in [0.25, 0.3) is 0 Å². The van der Waals surface area contributed by atoms with Crippen molar-refractivity contribution in [1.29, 1.82) is 0 Å². The maximum Gasteiger partial charge on any atom is 0.243 e. The predicted molar refractivity (Wildman–Crippen MR) is 65.9 cm³/mol. The summed E-state index contributed by atoms with van der Waals surface area (Å²) >= 11 is 5.81. The molecule has 7 heteroatoms. The highest BCUT2D eigenvalue weighted by molar-refractivity contribution is 7.89. The second-order valence-corrected chi connectivity index (χ2v) is 6.67. The molecule has 0 spiro atoms. The van der Waals surface area contributed by atoms with Crippen LogP contribution in [-0.2, 0) is 14.8 Å². The van der Waals surface area contributed by atoms with E-state index < -0.39 is 10.0 Å². The molecule has 1 aromatic heterocycles. The van der Waals surface area contributed by atoms with Gasteiger partial charge in [0.1, 0.15) is 10.0 Å². The number of nitrogens with zero attached hydrogens (tertiary/aromatic N) is 1. The van der Waals surface area contributed by atoms with Gasteiger partial charge in [-0.3, -0.25) is 0 Å². The third-order valence-electron chi connectivity index (χ3n) is 3.43. The number of aromatic nitrogens is 1. The van der Waals surface area contributed by atoms with Crippen LogP contribution in [0.3, 0.4) is 0 Å². The zero-order chi connectivity index (χ0) is 12.8. The van der Waals surface area contributed by atoms with E-state index in [9.17, 15) is 8.42 Å².